The maximum absolute atomic E-state index is 13.2. The molecule has 13 heteroatoms. The molecule has 2 aromatic heterocycles. The third-order valence-electron chi connectivity index (χ3n) is 5.80. The van der Waals surface area contributed by atoms with E-state index >= 15 is 0 Å². The maximum atomic E-state index is 13.2. The van der Waals surface area contributed by atoms with Crippen LogP contribution in [0.15, 0.2) is 49.1 Å². The summed E-state index contributed by atoms with van der Waals surface area (Å²) in [4.78, 5) is 70.8. The molecule has 3 rings (SSSR count). The van der Waals surface area contributed by atoms with E-state index in [1.807, 2.05) is 0 Å². The van der Waals surface area contributed by atoms with Gasteiger partial charge < -0.3 is 29.0 Å². The second-order valence-corrected chi connectivity index (χ2v) is 8.58. The van der Waals surface area contributed by atoms with E-state index in [4.69, 9.17) is 23.7 Å². The lowest BCUT2D eigenvalue weighted by molar-refractivity contribution is -0.263. The van der Waals surface area contributed by atoms with Crippen molar-refractivity contribution in [3.8, 4) is 0 Å². The van der Waals surface area contributed by atoms with E-state index in [1.165, 1.54) is 43.0 Å². The molecular formula is C27H31N3O10. The highest BCUT2D eigenvalue weighted by atomic mass is 16.7. The molecule has 1 aliphatic rings. The van der Waals surface area contributed by atoms with Gasteiger partial charge in [0.05, 0.1) is 11.1 Å². The Hall–Kier alpha value is -4.39. The van der Waals surface area contributed by atoms with Crippen molar-refractivity contribution < 1.29 is 47.7 Å². The third-order valence-corrected chi connectivity index (χ3v) is 5.80. The van der Waals surface area contributed by atoms with E-state index in [9.17, 15) is 24.0 Å². The average Bonchev–Trinajstić information content (AvgIpc) is 2.99. The predicted octanol–water partition coefficient (Wildman–Crippen LogP) is 1.75. The minimum atomic E-state index is -1.56. The van der Waals surface area contributed by atoms with Gasteiger partial charge >= 0.3 is 23.9 Å². The van der Waals surface area contributed by atoms with E-state index in [0.717, 1.165) is 0 Å². The summed E-state index contributed by atoms with van der Waals surface area (Å²) >= 11 is 0. The van der Waals surface area contributed by atoms with Crippen LogP contribution in [-0.4, -0.2) is 77.0 Å². The highest BCUT2D eigenvalue weighted by molar-refractivity contribution is 5.94. The van der Waals surface area contributed by atoms with Crippen LogP contribution in [0.2, 0.25) is 0 Å². The van der Waals surface area contributed by atoms with Gasteiger partial charge in [-0.15, -0.1) is 0 Å². The number of hydrogen-bond acceptors (Lipinski definition) is 12. The summed E-state index contributed by atoms with van der Waals surface area (Å²) in [7, 11) is 0. The van der Waals surface area contributed by atoms with Crippen LogP contribution < -0.4 is 5.32 Å². The van der Waals surface area contributed by atoms with Crippen molar-refractivity contribution in [2.24, 2.45) is 0 Å². The van der Waals surface area contributed by atoms with Gasteiger partial charge in [-0.2, -0.15) is 0 Å². The molecule has 13 nitrogen and oxygen atoms in total. The van der Waals surface area contributed by atoms with E-state index in [2.05, 4.69) is 15.3 Å². The molecule has 1 fully saturated rings. The Morgan fingerprint density at radius 1 is 0.800 bits per heavy atom. The van der Waals surface area contributed by atoms with Crippen LogP contribution in [0, 0.1) is 0 Å². The van der Waals surface area contributed by atoms with Crippen molar-refractivity contribution in [1.29, 1.82) is 0 Å². The lowest BCUT2D eigenvalue weighted by atomic mass is 9.95. The number of rotatable bonds is 11. The molecule has 0 spiro atoms. The number of ether oxygens (including phenoxy) is 5. The molecule has 3 heterocycles. The topological polar surface area (TPSA) is 169 Å². The zero-order chi connectivity index (χ0) is 29.1. The molecule has 2 aromatic rings. The summed E-state index contributed by atoms with van der Waals surface area (Å²) in [6.07, 6.45) is -0.00600. The smallest absolute Gasteiger partial charge is 0.342 e. The van der Waals surface area contributed by atoms with Gasteiger partial charge in [0.15, 0.2) is 12.2 Å². The second-order valence-electron chi connectivity index (χ2n) is 8.58. The van der Waals surface area contributed by atoms with Crippen LogP contribution in [0.25, 0.3) is 0 Å². The van der Waals surface area contributed by atoms with Crippen LogP contribution in [0.3, 0.4) is 0 Å². The Balaban J connectivity index is 2.04. The molecule has 0 aliphatic carbocycles. The summed E-state index contributed by atoms with van der Waals surface area (Å²) in [5, 5.41) is 2.67. The van der Waals surface area contributed by atoms with Crippen LogP contribution in [0.1, 0.15) is 60.7 Å². The largest absolute Gasteiger partial charge is 0.463 e. The molecule has 0 bridgehead atoms. The molecule has 5 atom stereocenters. The van der Waals surface area contributed by atoms with Crippen molar-refractivity contribution in [3.63, 3.8) is 0 Å². The Labute approximate surface area is 230 Å². The van der Waals surface area contributed by atoms with Crippen molar-refractivity contribution in [2.45, 2.75) is 70.7 Å². The lowest BCUT2D eigenvalue weighted by Crippen LogP contribution is -2.67. The first kappa shape index (κ1) is 30.2. The monoisotopic (exact) mass is 557 g/mol. The van der Waals surface area contributed by atoms with Crippen molar-refractivity contribution in [3.05, 3.63) is 60.2 Å². The van der Waals surface area contributed by atoms with E-state index in [1.54, 1.807) is 26.8 Å². The molecule has 1 aliphatic heterocycles. The second kappa shape index (κ2) is 14.7. The molecule has 0 radical (unpaired) electrons. The van der Waals surface area contributed by atoms with Crippen molar-refractivity contribution in [1.82, 2.24) is 15.3 Å². The summed E-state index contributed by atoms with van der Waals surface area (Å²) in [5.74, 6) is -3.43. The Morgan fingerprint density at radius 2 is 1.38 bits per heavy atom. The van der Waals surface area contributed by atoms with Crippen LogP contribution in [-0.2, 0) is 38.1 Å². The van der Waals surface area contributed by atoms with Crippen molar-refractivity contribution >= 4 is 29.8 Å². The van der Waals surface area contributed by atoms with Crippen LogP contribution in [0.5, 0.6) is 0 Å². The molecule has 1 amide bonds. The zero-order valence-electron chi connectivity index (χ0n) is 22.3. The molecule has 1 saturated heterocycles. The van der Waals surface area contributed by atoms with Crippen LogP contribution in [0.4, 0.5) is 0 Å². The fourth-order valence-corrected chi connectivity index (χ4v) is 3.71. The van der Waals surface area contributed by atoms with Gasteiger partial charge in [-0.1, -0.05) is 20.8 Å². The Kier molecular flexibility index (Phi) is 11.1. The Morgan fingerprint density at radius 3 is 1.93 bits per heavy atom. The first-order valence-electron chi connectivity index (χ1n) is 12.8. The van der Waals surface area contributed by atoms with Gasteiger partial charge in [0.25, 0.3) is 5.91 Å². The van der Waals surface area contributed by atoms with E-state index < -0.39 is 67.0 Å². The summed E-state index contributed by atoms with van der Waals surface area (Å²) in [6.45, 7) is 4.29. The van der Waals surface area contributed by atoms with Gasteiger partial charge in [0, 0.05) is 44.0 Å². The van der Waals surface area contributed by atoms with Gasteiger partial charge in [-0.3, -0.25) is 29.1 Å². The number of nitrogens with zero attached hydrogens (tertiary/aromatic N) is 2. The van der Waals surface area contributed by atoms with E-state index in [0.29, 0.717) is 0 Å². The highest BCUT2D eigenvalue weighted by Crippen LogP contribution is 2.29. The lowest BCUT2D eigenvalue weighted by Gasteiger charge is -2.44. The fraction of sp³-hybridized carbons (Fsp3) is 0.444. The first-order valence-corrected chi connectivity index (χ1v) is 12.8. The molecule has 0 aromatic carbocycles. The average molecular weight is 558 g/mol. The molecule has 0 unspecified atom stereocenters. The minimum Gasteiger partial charge on any atom is -0.463 e. The predicted molar refractivity (Wildman–Crippen MR) is 135 cm³/mol. The Bertz CT molecular complexity index is 1180. The highest BCUT2D eigenvalue weighted by Gasteiger charge is 2.53. The number of esters is 4. The standard InChI is InChI=1S/C27H31N3O10/c1-4-19(31)36-15-18-23(38-20(32)5-2)24(39-21(33)6-3)22(30-25(34)16-9-7-11-28-13-16)27(37-18)40-26(35)17-10-8-12-29-14-17/h7-14,18,22-24,27H,4-6,15H2,1-3H3,(H,30,34)/t18-,22+,23-,24-,27-/m1/s1. The van der Waals surface area contributed by atoms with E-state index in [-0.39, 0.29) is 30.4 Å². The van der Waals surface area contributed by atoms with Gasteiger partial charge in [-0.05, 0) is 24.3 Å². The van der Waals surface area contributed by atoms with Crippen molar-refractivity contribution in [2.75, 3.05) is 6.61 Å². The molecule has 214 valence electrons. The normalized spacial score (nSPS) is 21.9. The molecule has 0 saturated carbocycles. The third kappa shape index (κ3) is 8.06. The zero-order valence-corrected chi connectivity index (χ0v) is 22.3. The number of nitrogens with one attached hydrogen (secondary N) is 1. The minimum absolute atomic E-state index is 0.0292. The van der Waals surface area contributed by atoms with Gasteiger partial charge in [0.1, 0.15) is 18.8 Å². The van der Waals surface area contributed by atoms with Crippen LogP contribution >= 0.6 is 0 Å². The fourth-order valence-electron chi connectivity index (χ4n) is 3.71. The van der Waals surface area contributed by atoms with Gasteiger partial charge in [0.2, 0.25) is 6.29 Å². The first-order chi connectivity index (χ1) is 19.3. The SMILES string of the molecule is CCC(=O)OC[C@H]1O[C@H](OC(=O)c2cccnc2)[C@@H](NC(=O)c2cccnc2)[C@@H](OC(=O)CC)[C@@H]1OC(=O)CC. The number of aromatic nitrogens is 2. The summed E-state index contributed by atoms with van der Waals surface area (Å²) < 4.78 is 28.1. The van der Waals surface area contributed by atoms with Gasteiger partial charge in [-0.25, -0.2) is 4.79 Å². The molecule has 40 heavy (non-hydrogen) atoms. The number of amides is 1. The summed E-state index contributed by atoms with van der Waals surface area (Å²) in [5.41, 5.74) is 0.237. The number of hydrogen-bond donors (Lipinski definition) is 1. The number of carbonyl (C=O) groups is 5. The quantitative estimate of drug-likeness (QED) is 0.314. The number of carbonyl (C=O) groups excluding carboxylic acids is 5. The molecule has 1 N–H and O–H groups in total. The number of pyridine rings is 2. The maximum Gasteiger partial charge on any atom is 0.342 e. The summed E-state index contributed by atoms with van der Waals surface area (Å²) in [6, 6.07) is 4.68. The molecular weight excluding hydrogens is 526 g/mol.